The molecule has 32 heavy (non-hydrogen) atoms. The lowest BCUT2D eigenvalue weighted by Crippen LogP contribution is -2.30. The summed E-state index contributed by atoms with van der Waals surface area (Å²) in [5, 5.41) is 4.73. The van der Waals surface area contributed by atoms with Gasteiger partial charge in [0.1, 0.15) is 11.9 Å². The summed E-state index contributed by atoms with van der Waals surface area (Å²) in [6.07, 6.45) is 3.80. The molecule has 5 rings (SSSR count). The van der Waals surface area contributed by atoms with E-state index in [-0.39, 0.29) is 17.9 Å². The fraction of sp³-hybridized carbons (Fsp3) is 0.120. The normalized spacial score (nSPS) is 18.1. The van der Waals surface area contributed by atoms with E-state index in [2.05, 4.69) is 27.0 Å². The molecular weight excluding hydrogens is 443 g/mol. The summed E-state index contributed by atoms with van der Waals surface area (Å²) >= 11 is 12.0. The lowest BCUT2D eigenvalue weighted by Gasteiger charge is -2.29. The van der Waals surface area contributed by atoms with E-state index in [1.807, 2.05) is 54.4 Å². The van der Waals surface area contributed by atoms with E-state index in [9.17, 15) is 4.39 Å². The van der Waals surface area contributed by atoms with Crippen LogP contribution in [-0.4, -0.2) is 14.7 Å². The van der Waals surface area contributed by atoms with E-state index in [4.69, 9.17) is 23.8 Å². The Hall–Kier alpha value is -3.22. The van der Waals surface area contributed by atoms with Gasteiger partial charge in [0.25, 0.3) is 0 Å². The second-order valence-corrected chi connectivity index (χ2v) is 8.50. The maximum atomic E-state index is 13.6. The SMILES string of the molecule is Cc1cc(-n2cccc2C2C(c3ccccn3)NC(=S)N2c2ccc(F)cc2)ccc1Cl. The smallest absolute Gasteiger partial charge is 0.174 e. The fourth-order valence-corrected chi connectivity index (χ4v) is 4.65. The maximum Gasteiger partial charge on any atom is 0.174 e. The minimum atomic E-state index is -0.287. The molecule has 1 N–H and O–H groups in total. The van der Waals surface area contributed by atoms with Crippen molar-refractivity contribution in [2.24, 2.45) is 0 Å². The van der Waals surface area contributed by atoms with E-state index in [0.717, 1.165) is 33.3 Å². The zero-order chi connectivity index (χ0) is 22.2. The van der Waals surface area contributed by atoms with Crippen molar-refractivity contribution in [2.75, 3.05) is 4.90 Å². The summed E-state index contributed by atoms with van der Waals surface area (Å²) in [5.41, 5.74) is 4.72. The predicted molar refractivity (Wildman–Crippen MR) is 130 cm³/mol. The van der Waals surface area contributed by atoms with Gasteiger partial charge in [0.15, 0.2) is 5.11 Å². The molecule has 0 radical (unpaired) electrons. The number of hydrogen-bond donors (Lipinski definition) is 1. The average Bonchev–Trinajstić information content (AvgIpc) is 3.41. The minimum Gasteiger partial charge on any atom is -0.351 e. The Morgan fingerprint density at radius 1 is 1.00 bits per heavy atom. The number of hydrogen-bond acceptors (Lipinski definition) is 2. The second-order valence-electron chi connectivity index (χ2n) is 7.71. The Morgan fingerprint density at radius 3 is 2.50 bits per heavy atom. The number of anilines is 1. The van der Waals surface area contributed by atoms with Gasteiger partial charge in [0, 0.05) is 34.5 Å². The third-order valence-corrected chi connectivity index (χ3v) is 6.44. The molecule has 0 aliphatic carbocycles. The molecule has 1 fully saturated rings. The topological polar surface area (TPSA) is 33.1 Å². The van der Waals surface area contributed by atoms with Crippen molar-refractivity contribution in [1.29, 1.82) is 0 Å². The molecule has 0 saturated carbocycles. The van der Waals surface area contributed by atoms with Gasteiger partial charge in [-0.15, -0.1) is 0 Å². The fourth-order valence-electron chi connectivity index (χ4n) is 4.18. The molecule has 1 aliphatic rings. The Kier molecular flexibility index (Phi) is 5.41. The van der Waals surface area contributed by atoms with Gasteiger partial charge < -0.3 is 14.8 Å². The Morgan fingerprint density at radius 2 is 1.78 bits per heavy atom. The third kappa shape index (κ3) is 3.66. The highest BCUT2D eigenvalue weighted by Crippen LogP contribution is 2.42. The molecule has 1 saturated heterocycles. The van der Waals surface area contributed by atoms with E-state index < -0.39 is 0 Å². The standard InChI is InChI=1S/C25H20ClFN4S/c1-16-15-19(11-12-20(16)26)30-14-4-6-22(30)24-23(21-5-2-3-13-28-21)29-25(32)31(24)18-9-7-17(27)8-10-18/h2-15,23-24H,1H3,(H,29,32). The molecule has 2 unspecified atom stereocenters. The average molecular weight is 463 g/mol. The molecular formula is C25H20ClFN4S. The number of thiocarbonyl (C=S) groups is 1. The van der Waals surface area contributed by atoms with E-state index in [1.54, 1.807) is 18.3 Å². The highest BCUT2D eigenvalue weighted by molar-refractivity contribution is 7.80. The van der Waals surface area contributed by atoms with Gasteiger partial charge >= 0.3 is 0 Å². The van der Waals surface area contributed by atoms with Crippen molar-refractivity contribution < 1.29 is 4.39 Å². The molecule has 160 valence electrons. The van der Waals surface area contributed by atoms with Gasteiger partial charge in [-0.1, -0.05) is 17.7 Å². The van der Waals surface area contributed by atoms with Gasteiger partial charge in [-0.2, -0.15) is 0 Å². The minimum absolute atomic E-state index is 0.184. The number of aryl methyl sites for hydroxylation is 1. The first-order valence-electron chi connectivity index (χ1n) is 10.2. The highest BCUT2D eigenvalue weighted by atomic mass is 35.5. The third-order valence-electron chi connectivity index (χ3n) is 5.71. The predicted octanol–water partition coefficient (Wildman–Crippen LogP) is 6.15. The zero-order valence-corrected chi connectivity index (χ0v) is 18.8. The van der Waals surface area contributed by atoms with E-state index >= 15 is 0 Å². The number of nitrogens with one attached hydrogen (secondary N) is 1. The molecule has 4 nitrogen and oxygen atoms in total. The number of rotatable bonds is 4. The molecule has 0 bridgehead atoms. The van der Waals surface area contributed by atoms with Crippen molar-refractivity contribution in [1.82, 2.24) is 14.9 Å². The van der Waals surface area contributed by atoms with Crippen LogP contribution in [-0.2, 0) is 0 Å². The number of benzene rings is 2. The van der Waals surface area contributed by atoms with Gasteiger partial charge in [-0.05, 0) is 91.4 Å². The van der Waals surface area contributed by atoms with Crippen LogP contribution in [0.3, 0.4) is 0 Å². The number of nitrogens with zero attached hydrogens (tertiary/aromatic N) is 3. The molecule has 2 aromatic heterocycles. The highest BCUT2D eigenvalue weighted by Gasteiger charge is 2.42. The number of pyridine rings is 1. The monoisotopic (exact) mass is 462 g/mol. The maximum absolute atomic E-state index is 13.6. The van der Waals surface area contributed by atoms with Gasteiger partial charge in [0.2, 0.25) is 0 Å². The first-order chi connectivity index (χ1) is 15.5. The van der Waals surface area contributed by atoms with Crippen molar-refractivity contribution in [2.45, 2.75) is 19.0 Å². The largest absolute Gasteiger partial charge is 0.351 e. The molecule has 0 spiro atoms. The van der Waals surface area contributed by atoms with Crippen LogP contribution in [0.1, 0.15) is 29.0 Å². The molecule has 4 aromatic rings. The van der Waals surface area contributed by atoms with Crippen LogP contribution in [0.15, 0.2) is 85.2 Å². The van der Waals surface area contributed by atoms with Gasteiger partial charge in [-0.25, -0.2) is 4.39 Å². The van der Waals surface area contributed by atoms with Crippen LogP contribution in [0.2, 0.25) is 5.02 Å². The zero-order valence-electron chi connectivity index (χ0n) is 17.2. The molecule has 2 aromatic carbocycles. The second kappa shape index (κ2) is 8.37. The molecule has 3 heterocycles. The number of aromatic nitrogens is 2. The van der Waals surface area contributed by atoms with E-state index in [1.165, 1.54) is 12.1 Å². The van der Waals surface area contributed by atoms with Crippen LogP contribution in [0, 0.1) is 12.7 Å². The summed E-state index contributed by atoms with van der Waals surface area (Å²) in [6.45, 7) is 1.99. The summed E-state index contributed by atoms with van der Waals surface area (Å²) in [5.74, 6) is -0.287. The van der Waals surface area contributed by atoms with Crippen molar-refractivity contribution in [3.05, 3.63) is 113 Å². The molecule has 2 atom stereocenters. The molecule has 1 aliphatic heterocycles. The Bertz CT molecular complexity index is 1270. The molecule has 7 heteroatoms. The van der Waals surface area contributed by atoms with Crippen LogP contribution in [0.25, 0.3) is 5.69 Å². The number of halogens is 2. The lowest BCUT2D eigenvalue weighted by molar-refractivity contribution is 0.549. The van der Waals surface area contributed by atoms with Crippen molar-refractivity contribution in [3.63, 3.8) is 0 Å². The van der Waals surface area contributed by atoms with Crippen molar-refractivity contribution >= 4 is 34.6 Å². The first kappa shape index (κ1) is 20.7. The summed E-state index contributed by atoms with van der Waals surface area (Å²) < 4.78 is 15.8. The van der Waals surface area contributed by atoms with Crippen LogP contribution < -0.4 is 10.2 Å². The van der Waals surface area contributed by atoms with Crippen molar-refractivity contribution in [3.8, 4) is 5.69 Å². The summed E-state index contributed by atoms with van der Waals surface area (Å²) in [4.78, 5) is 6.62. The van der Waals surface area contributed by atoms with Gasteiger partial charge in [0.05, 0.1) is 11.7 Å². The quantitative estimate of drug-likeness (QED) is 0.369. The van der Waals surface area contributed by atoms with Crippen LogP contribution in [0.4, 0.5) is 10.1 Å². The Labute approximate surface area is 196 Å². The van der Waals surface area contributed by atoms with Crippen LogP contribution in [0.5, 0.6) is 0 Å². The Balaban J connectivity index is 1.67. The van der Waals surface area contributed by atoms with Gasteiger partial charge in [-0.3, -0.25) is 4.98 Å². The van der Waals surface area contributed by atoms with E-state index in [0.29, 0.717) is 5.11 Å². The van der Waals surface area contributed by atoms with Crippen LogP contribution >= 0.6 is 23.8 Å². The molecule has 0 amide bonds. The summed E-state index contributed by atoms with van der Waals surface area (Å²) in [7, 11) is 0. The first-order valence-corrected chi connectivity index (χ1v) is 11.0. The summed E-state index contributed by atoms with van der Waals surface area (Å²) in [6, 6.07) is 21.9. The lowest BCUT2D eigenvalue weighted by atomic mass is 10.0.